The molecule has 2 aromatic carbocycles. The molecule has 4 rings (SSSR count). The lowest BCUT2D eigenvalue weighted by Gasteiger charge is -2.07. The number of rotatable bonds is 6. The summed E-state index contributed by atoms with van der Waals surface area (Å²) in [6.07, 6.45) is 5.48. The summed E-state index contributed by atoms with van der Waals surface area (Å²) >= 11 is 0. The van der Waals surface area contributed by atoms with Gasteiger partial charge in [-0.1, -0.05) is 12.1 Å². The molecule has 0 unspecified atom stereocenters. The van der Waals surface area contributed by atoms with Gasteiger partial charge in [0.25, 0.3) is 5.91 Å². The third kappa shape index (κ3) is 3.81. The Labute approximate surface area is 167 Å². The molecule has 0 aliphatic carbocycles. The molecule has 0 saturated carbocycles. The number of carbonyl (C=O) groups is 1. The minimum absolute atomic E-state index is 0.0881. The van der Waals surface area contributed by atoms with Crippen LogP contribution in [-0.4, -0.2) is 45.6 Å². The number of benzene rings is 2. The molecule has 0 atom stereocenters. The first-order chi connectivity index (χ1) is 14.2. The molecule has 0 aliphatic heterocycles. The maximum atomic E-state index is 12.0. The number of imidazole rings is 1. The van der Waals surface area contributed by atoms with E-state index in [-0.39, 0.29) is 19.1 Å². The quantitative estimate of drug-likeness (QED) is 0.530. The molecular formula is C22H20N4O3. The lowest BCUT2D eigenvalue weighted by atomic mass is 10.1. The van der Waals surface area contributed by atoms with Crippen molar-refractivity contribution in [1.82, 2.24) is 19.7 Å². The number of hydrogen-bond donors (Lipinski definition) is 2. The zero-order valence-electron chi connectivity index (χ0n) is 15.9. The van der Waals surface area contributed by atoms with Crippen LogP contribution in [0.4, 0.5) is 0 Å². The normalized spacial score (nSPS) is 10.8. The van der Waals surface area contributed by atoms with Crippen molar-refractivity contribution in [3.63, 3.8) is 0 Å². The molecule has 4 aromatic rings. The van der Waals surface area contributed by atoms with Gasteiger partial charge in [-0.15, -0.1) is 0 Å². The molecule has 0 fully saturated rings. The van der Waals surface area contributed by atoms with E-state index >= 15 is 0 Å². The smallest absolute Gasteiger partial charge is 0.251 e. The maximum Gasteiger partial charge on any atom is 0.251 e. The topological polar surface area (TPSA) is 88.8 Å². The summed E-state index contributed by atoms with van der Waals surface area (Å²) in [6.45, 7) is 0.142. The highest BCUT2D eigenvalue weighted by molar-refractivity contribution is 5.94. The highest BCUT2D eigenvalue weighted by Gasteiger charge is 2.10. The summed E-state index contributed by atoms with van der Waals surface area (Å²) in [4.78, 5) is 20.9. The molecule has 0 spiro atoms. The number of amides is 1. The first-order valence-corrected chi connectivity index (χ1v) is 9.16. The van der Waals surface area contributed by atoms with Gasteiger partial charge < -0.3 is 15.2 Å². The van der Waals surface area contributed by atoms with Gasteiger partial charge in [0.15, 0.2) is 5.65 Å². The van der Waals surface area contributed by atoms with Crippen molar-refractivity contribution in [3.05, 3.63) is 72.7 Å². The third-order valence-electron chi connectivity index (χ3n) is 4.62. The van der Waals surface area contributed by atoms with Crippen LogP contribution in [0.25, 0.3) is 28.2 Å². The zero-order valence-corrected chi connectivity index (χ0v) is 15.9. The second-order valence-electron chi connectivity index (χ2n) is 6.43. The average Bonchev–Trinajstić information content (AvgIpc) is 3.21. The molecule has 2 heterocycles. The van der Waals surface area contributed by atoms with Crippen LogP contribution in [0.5, 0.6) is 5.75 Å². The number of hydrogen-bond acceptors (Lipinski definition) is 5. The Kier molecular flexibility index (Phi) is 5.22. The average molecular weight is 388 g/mol. The molecule has 2 aromatic heterocycles. The largest absolute Gasteiger partial charge is 0.497 e. The van der Waals surface area contributed by atoms with Gasteiger partial charge in [0.1, 0.15) is 5.75 Å². The van der Waals surface area contributed by atoms with Gasteiger partial charge in [-0.2, -0.15) is 0 Å². The van der Waals surface area contributed by atoms with Gasteiger partial charge in [-0.05, 0) is 36.4 Å². The summed E-state index contributed by atoms with van der Waals surface area (Å²) in [5, 5.41) is 11.5. The van der Waals surface area contributed by atoms with E-state index in [1.54, 1.807) is 25.4 Å². The lowest BCUT2D eigenvalue weighted by Crippen LogP contribution is -2.26. The van der Waals surface area contributed by atoms with Crippen molar-refractivity contribution < 1.29 is 14.6 Å². The Morgan fingerprint density at radius 3 is 2.45 bits per heavy atom. The zero-order chi connectivity index (χ0) is 20.2. The van der Waals surface area contributed by atoms with Gasteiger partial charge in [-0.3, -0.25) is 14.2 Å². The van der Waals surface area contributed by atoms with Crippen LogP contribution in [0.1, 0.15) is 10.4 Å². The van der Waals surface area contributed by atoms with Crippen LogP contribution in [0, 0.1) is 0 Å². The minimum Gasteiger partial charge on any atom is -0.497 e. The van der Waals surface area contributed by atoms with E-state index in [1.165, 1.54) is 0 Å². The number of nitrogens with one attached hydrogen (secondary N) is 1. The van der Waals surface area contributed by atoms with Crippen LogP contribution in [0.2, 0.25) is 0 Å². The summed E-state index contributed by atoms with van der Waals surface area (Å²) in [7, 11) is 1.64. The Bertz CT molecular complexity index is 1140. The number of aliphatic hydroxyl groups is 1. The van der Waals surface area contributed by atoms with Crippen LogP contribution >= 0.6 is 0 Å². The monoisotopic (exact) mass is 388 g/mol. The van der Waals surface area contributed by atoms with Crippen LogP contribution < -0.4 is 10.1 Å². The Morgan fingerprint density at radius 2 is 1.76 bits per heavy atom. The molecule has 0 radical (unpaired) electrons. The van der Waals surface area contributed by atoms with E-state index in [1.807, 2.05) is 53.2 Å². The molecule has 0 bridgehead atoms. The SMILES string of the molecule is COc1ccc(-c2cnc3cnc(-c4ccc(C(=O)NCCO)cc4)cn23)cc1. The second-order valence-corrected chi connectivity index (χ2v) is 6.43. The number of methoxy groups -OCH3 is 1. The van der Waals surface area contributed by atoms with Crippen LogP contribution in [0.15, 0.2) is 67.1 Å². The summed E-state index contributed by atoms with van der Waals surface area (Å²) in [5.41, 5.74) is 4.91. The molecule has 7 nitrogen and oxygen atoms in total. The van der Waals surface area contributed by atoms with Gasteiger partial charge in [-0.25, -0.2) is 4.98 Å². The second kappa shape index (κ2) is 8.12. The van der Waals surface area contributed by atoms with E-state index in [0.29, 0.717) is 5.56 Å². The predicted molar refractivity (Wildman–Crippen MR) is 110 cm³/mol. The van der Waals surface area contributed by atoms with E-state index in [9.17, 15) is 4.79 Å². The third-order valence-corrected chi connectivity index (χ3v) is 4.62. The molecule has 2 N–H and O–H groups in total. The molecule has 7 heteroatoms. The Hall–Kier alpha value is -3.71. The Morgan fingerprint density at radius 1 is 1.03 bits per heavy atom. The fourth-order valence-corrected chi connectivity index (χ4v) is 3.08. The van der Waals surface area contributed by atoms with Gasteiger partial charge in [0.05, 0.1) is 37.5 Å². The number of fused-ring (bicyclic) bond motifs is 1. The molecular weight excluding hydrogens is 368 g/mol. The van der Waals surface area contributed by atoms with E-state index in [2.05, 4.69) is 15.3 Å². The molecule has 0 saturated heterocycles. The number of carbonyl (C=O) groups excluding carboxylic acids is 1. The molecule has 0 aliphatic rings. The number of aliphatic hydroxyl groups excluding tert-OH is 1. The molecule has 1 amide bonds. The summed E-state index contributed by atoms with van der Waals surface area (Å²) < 4.78 is 7.22. The number of aromatic nitrogens is 3. The van der Waals surface area contributed by atoms with Crippen molar-refractivity contribution in [2.75, 3.05) is 20.3 Å². The summed E-state index contributed by atoms with van der Waals surface area (Å²) in [5.74, 6) is 0.582. The van der Waals surface area contributed by atoms with Crippen molar-refractivity contribution in [3.8, 4) is 28.3 Å². The van der Waals surface area contributed by atoms with E-state index in [4.69, 9.17) is 9.84 Å². The van der Waals surface area contributed by atoms with Crippen molar-refractivity contribution >= 4 is 11.6 Å². The van der Waals surface area contributed by atoms with Gasteiger partial charge in [0, 0.05) is 29.4 Å². The van der Waals surface area contributed by atoms with E-state index in [0.717, 1.165) is 33.9 Å². The Balaban J connectivity index is 1.65. The fourth-order valence-electron chi connectivity index (χ4n) is 3.08. The summed E-state index contributed by atoms with van der Waals surface area (Å²) in [6, 6.07) is 15.0. The standard InChI is InChI=1S/C22H20N4O3/c1-29-18-8-6-16(7-9-18)20-12-25-21-13-24-19(14-26(20)21)15-2-4-17(5-3-15)22(28)23-10-11-27/h2-9,12-14,27H,10-11H2,1H3,(H,23,28). The first kappa shape index (κ1) is 18.6. The highest BCUT2D eigenvalue weighted by Crippen LogP contribution is 2.25. The molecule has 146 valence electrons. The predicted octanol–water partition coefficient (Wildman–Crippen LogP) is 2.79. The van der Waals surface area contributed by atoms with E-state index < -0.39 is 0 Å². The number of ether oxygens (including phenoxy) is 1. The molecule has 29 heavy (non-hydrogen) atoms. The number of nitrogens with zero attached hydrogens (tertiary/aromatic N) is 3. The highest BCUT2D eigenvalue weighted by atomic mass is 16.5. The van der Waals surface area contributed by atoms with Gasteiger partial charge >= 0.3 is 0 Å². The van der Waals surface area contributed by atoms with Gasteiger partial charge in [0.2, 0.25) is 0 Å². The van der Waals surface area contributed by atoms with Crippen LogP contribution in [0.3, 0.4) is 0 Å². The van der Waals surface area contributed by atoms with Crippen LogP contribution in [-0.2, 0) is 0 Å². The lowest BCUT2D eigenvalue weighted by molar-refractivity contribution is 0.0945. The fraction of sp³-hybridized carbons (Fsp3) is 0.136. The minimum atomic E-state index is -0.217. The van der Waals surface area contributed by atoms with Crippen molar-refractivity contribution in [1.29, 1.82) is 0 Å². The maximum absolute atomic E-state index is 12.0. The van der Waals surface area contributed by atoms with Crippen molar-refractivity contribution in [2.24, 2.45) is 0 Å². The van der Waals surface area contributed by atoms with Crippen molar-refractivity contribution in [2.45, 2.75) is 0 Å². The first-order valence-electron chi connectivity index (χ1n) is 9.16.